The molecule has 0 radical (unpaired) electrons. The van der Waals surface area contributed by atoms with Gasteiger partial charge in [-0.1, -0.05) is 23.8 Å². The molecule has 0 atom stereocenters. The van der Waals surface area contributed by atoms with E-state index in [0.717, 1.165) is 31.2 Å². The van der Waals surface area contributed by atoms with Crippen LogP contribution in [0.3, 0.4) is 0 Å². The number of hydrogen-bond donors (Lipinski definition) is 2. The maximum atomic E-state index is 12.6. The number of carbonyl (C=O) groups excluding carboxylic acids is 3. The zero-order valence-corrected chi connectivity index (χ0v) is 17.5. The van der Waals surface area contributed by atoms with Crippen molar-refractivity contribution in [3.05, 3.63) is 71.3 Å². The first-order chi connectivity index (χ1) is 15.0. The Morgan fingerprint density at radius 2 is 1.71 bits per heavy atom. The number of rotatable bonds is 7. The molecular formula is C24H26N2O5. The Morgan fingerprint density at radius 1 is 1.00 bits per heavy atom. The summed E-state index contributed by atoms with van der Waals surface area (Å²) in [6, 6.07) is 13.5. The van der Waals surface area contributed by atoms with Gasteiger partial charge in [-0.05, 0) is 68.5 Å². The number of benzene rings is 2. The molecule has 162 valence electrons. The van der Waals surface area contributed by atoms with Gasteiger partial charge in [-0.25, -0.2) is 4.79 Å². The molecule has 2 aromatic carbocycles. The highest BCUT2D eigenvalue weighted by Crippen LogP contribution is 2.23. The van der Waals surface area contributed by atoms with Gasteiger partial charge in [0.25, 0.3) is 5.91 Å². The van der Waals surface area contributed by atoms with Gasteiger partial charge < -0.3 is 20.1 Å². The normalized spacial score (nSPS) is 12.7. The molecule has 31 heavy (non-hydrogen) atoms. The van der Waals surface area contributed by atoms with Crippen molar-refractivity contribution in [2.75, 3.05) is 11.9 Å². The Bertz CT molecular complexity index is 958. The zero-order chi connectivity index (χ0) is 22.1. The van der Waals surface area contributed by atoms with E-state index in [2.05, 4.69) is 10.6 Å². The minimum atomic E-state index is -0.792. The maximum Gasteiger partial charge on any atom is 0.513 e. The second-order valence-corrected chi connectivity index (χ2v) is 7.15. The molecular weight excluding hydrogens is 396 g/mol. The van der Waals surface area contributed by atoms with Crippen molar-refractivity contribution >= 4 is 23.7 Å². The third kappa shape index (κ3) is 6.70. The minimum Gasteiger partial charge on any atom is -0.434 e. The molecule has 0 heterocycles. The number of para-hydroxylation sites is 1. The number of amides is 2. The summed E-state index contributed by atoms with van der Waals surface area (Å²) in [6.07, 6.45) is 5.16. The lowest BCUT2D eigenvalue weighted by Gasteiger charge is -2.12. The quantitative estimate of drug-likeness (QED) is 0.387. The van der Waals surface area contributed by atoms with Crippen molar-refractivity contribution in [2.24, 2.45) is 0 Å². The van der Waals surface area contributed by atoms with Crippen LogP contribution in [0.1, 0.15) is 48.5 Å². The van der Waals surface area contributed by atoms with E-state index in [0.29, 0.717) is 17.8 Å². The molecule has 0 bridgehead atoms. The zero-order valence-electron chi connectivity index (χ0n) is 17.5. The maximum absolute atomic E-state index is 12.6. The number of ether oxygens (including phenoxy) is 2. The van der Waals surface area contributed by atoms with Crippen LogP contribution in [-0.4, -0.2) is 24.6 Å². The van der Waals surface area contributed by atoms with E-state index in [9.17, 15) is 14.4 Å². The smallest absolute Gasteiger partial charge is 0.434 e. The molecule has 7 heteroatoms. The van der Waals surface area contributed by atoms with Crippen molar-refractivity contribution < 1.29 is 23.9 Å². The average molecular weight is 422 g/mol. The molecule has 1 fully saturated rings. The second-order valence-electron chi connectivity index (χ2n) is 7.15. The lowest BCUT2D eigenvalue weighted by atomic mass is 10.1. The first kappa shape index (κ1) is 22.1. The highest BCUT2D eigenvalue weighted by molar-refractivity contribution is 6.04. The molecule has 2 amide bonds. The van der Waals surface area contributed by atoms with Crippen LogP contribution in [0.25, 0.3) is 0 Å². The Morgan fingerprint density at radius 3 is 2.42 bits per heavy atom. The Kier molecular flexibility index (Phi) is 7.81. The van der Waals surface area contributed by atoms with E-state index in [-0.39, 0.29) is 24.2 Å². The number of nitrogens with one attached hydrogen (secondary N) is 2. The van der Waals surface area contributed by atoms with Gasteiger partial charge >= 0.3 is 6.16 Å². The largest absolute Gasteiger partial charge is 0.513 e. The summed E-state index contributed by atoms with van der Waals surface area (Å²) in [4.78, 5) is 36.1. The van der Waals surface area contributed by atoms with E-state index in [4.69, 9.17) is 9.47 Å². The summed E-state index contributed by atoms with van der Waals surface area (Å²) >= 11 is 0. The predicted molar refractivity (Wildman–Crippen MR) is 117 cm³/mol. The van der Waals surface area contributed by atoms with Gasteiger partial charge in [0.2, 0.25) is 5.91 Å². The Hall–Kier alpha value is -3.61. The fourth-order valence-electron chi connectivity index (χ4n) is 3.30. The fourth-order valence-corrected chi connectivity index (χ4v) is 3.30. The molecule has 3 rings (SSSR count). The van der Waals surface area contributed by atoms with Crippen molar-refractivity contribution in [3.63, 3.8) is 0 Å². The van der Waals surface area contributed by atoms with E-state index < -0.39 is 6.16 Å². The van der Waals surface area contributed by atoms with Crippen LogP contribution in [0.15, 0.2) is 60.2 Å². The van der Waals surface area contributed by atoms with Crippen LogP contribution in [0.2, 0.25) is 0 Å². The highest BCUT2D eigenvalue weighted by atomic mass is 16.7. The van der Waals surface area contributed by atoms with Crippen molar-refractivity contribution in [1.82, 2.24) is 5.32 Å². The number of anilines is 1. The number of allylic oxidation sites excluding steroid dienone is 1. The second kappa shape index (κ2) is 11.0. The molecule has 0 saturated heterocycles. The van der Waals surface area contributed by atoms with Gasteiger partial charge in [-0.3, -0.25) is 9.59 Å². The molecule has 0 aromatic heterocycles. The predicted octanol–water partition coefficient (Wildman–Crippen LogP) is 4.59. The van der Waals surface area contributed by atoms with Gasteiger partial charge in [-0.2, -0.15) is 0 Å². The van der Waals surface area contributed by atoms with Crippen LogP contribution in [0, 0.1) is 0 Å². The van der Waals surface area contributed by atoms with Crippen molar-refractivity contribution in [2.45, 2.75) is 39.2 Å². The molecule has 7 nitrogen and oxygen atoms in total. The van der Waals surface area contributed by atoms with Gasteiger partial charge in [-0.15, -0.1) is 0 Å². The third-order valence-electron chi connectivity index (χ3n) is 4.88. The summed E-state index contributed by atoms with van der Waals surface area (Å²) in [5.41, 5.74) is 3.01. The first-order valence-corrected chi connectivity index (χ1v) is 10.4. The highest BCUT2D eigenvalue weighted by Gasteiger charge is 2.12. The molecule has 1 saturated carbocycles. The molecule has 1 aliphatic rings. The molecule has 2 N–H and O–H groups in total. The molecule has 0 spiro atoms. The number of hydrogen-bond acceptors (Lipinski definition) is 5. The van der Waals surface area contributed by atoms with Crippen LogP contribution in [0.5, 0.6) is 5.75 Å². The minimum absolute atomic E-state index is 0.116. The van der Waals surface area contributed by atoms with Gasteiger partial charge in [0.15, 0.2) is 0 Å². The fraction of sp³-hybridized carbons (Fsp3) is 0.292. The van der Waals surface area contributed by atoms with Crippen molar-refractivity contribution in [1.29, 1.82) is 0 Å². The number of carbonyl (C=O) groups is 3. The topological polar surface area (TPSA) is 93.7 Å². The lowest BCUT2D eigenvalue weighted by molar-refractivity contribution is -0.116. The summed E-state index contributed by atoms with van der Waals surface area (Å²) in [5.74, 6) is -0.140. The van der Waals surface area contributed by atoms with Gasteiger partial charge in [0, 0.05) is 23.9 Å². The van der Waals surface area contributed by atoms with Crippen LogP contribution >= 0.6 is 0 Å². The molecule has 2 aromatic rings. The molecule has 1 aliphatic carbocycles. The Balaban J connectivity index is 1.59. The van der Waals surface area contributed by atoms with Gasteiger partial charge in [0.05, 0.1) is 6.61 Å². The first-order valence-electron chi connectivity index (χ1n) is 10.4. The standard InChI is InChI=1S/C24H26N2O5/c1-2-30-24(29)31-20-13-11-18(12-14-20)23(28)26-21-10-6-5-9-19(21)16-25-22(27)15-17-7-3-4-8-17/h5-6,9-15H,2-4,7-8,16H2,1H3,(H,25,27)(H,26,28). The SMILES string of the molecule is CCOC(=O)Oc1ccc(C(=O)Nc2ccccc2CNC(=O)C=C2CCCC2)cc1. The average Bonchev–Trinajstić information content (AvgIpc) is 3.26. The van der Waals surface area contributed by atoms with Gasteiger partial charge in [0.1, 0.15) is 5.75 Å². The van der Waals surface area contributed by atoms with Crippen LogP contribution < -0.4 is 15.4 Å². The van der Waals surface area contributed by atoms with E-state index in [1.807, 2.05) is 18.2 Å². The summed E-state index contributed by atoms with van der Waals surface area (Å²) in [6.45, 7) is 2.22. The summed E-state index contributed by atoms with van der Waals surface area (Å²) < 4.78 is 9.71. The summed E-state index contributed by atoms with van der Waals surface area (Å²) in [7, 11) is 0. The monoisotopic (exact) mass is 422 g/mol. The summed E-state index contributed by atoms with van der Waals surface area (Å²) in [5, 5.41) is 5.75. The van der Waals surface area contributed by atoms with E-state index in [1.165, 1.54) is 17.7 Å². The van der Waals surface area contributed by atoms with E-state index >= 15 is 0 Å². The lowest BCUT2D eigenvalue weighted by Crippen LogP contribution is -2.22. The Labute approximate surface area is 181 Å². The molecule has 0 aliphatic heterocycles. The van der Waals surface area contributed by atoms with Crippen LogP contribution in [0.4, 0.5) is 10.5 Å². The van der Waals surface area contributed by atoms with Crippen LogP contribution in [-0.2, 0) is 16.1 Å². The van der Waals surface area contributed by atoms with E-state index in [1.54, 1.807) is 31.2 Å². The third-order valence-corrected chi connectivity index (χ3v) is 4.88. The van der Waals surface area contributed by atoms with Crippen molar-refractivity contribution in [3.8, 4) is 5.75 Å². The molecule has 0 unspecified atom stereocenters.